The Kier molecular flexibility index (Phi) is 10.3. The lowest BCUT2D eigenvalue weighted by Crippen LogP contribution is -2.53. The first-order chi connectivity index (χ1) is 16.9. The van der Waals surface area contributed by atoms with Gasteiger partial charge in [0.05, 0.1) is 19.1 Å². The molecule has 0 aliphatic heterocycles. The van der Waals surface area contributed by atoms with Crippen molar-refractivity contribution in [3.8, 4) is 5.75 Å². The van der Waals surface area contributed by atoms with Gasteiger partial charge in [0, 0.05) is 12.6 Å². The van der Waals surface area contributed by atoms with Crippen LogP contribution in [0.15, 0.2) is 42.5 Å². The van der Waals surface area contributed by atoms with Crippen LogP contribution >= 0.6 is 0 Å². The topological polar surface area (TPSA) is 96.0 Å². The van der Waals surface area contributed by atoms with Crippen LogP contribution in [0.25, 0.3) is 0 Å². The molecule has 0 radical (unpaired) electrons. The SMILES string of the molecule is CC[C@@H](C)NC(=O)[C@H](CC)N(Cc1ccc(OC)cc1)C(=O)CN(c1ccc(C)c(C)c1)S(C)(=O)=O. The second-order valence-electron chi connectivity index (χ2n) is 9.15. The number of rotatable bonds is 12. The Morgan fingerprint density at radius 1 is 1.00 bits per heavy atom. The zero-order chi connectivity index (χ0) is 27.0. The average molecular weight is 518 g/mol. The molecule has 0 unspecified atom stereocenters. The maximum atomic E-state index is 13.7. The van der Waals surface area contributed by atoms with Crippen LogP contribution < -0.4 is 14.4 Å². The van der Waals surface area contributed by atoms with Crippen molar-refractivity contribution in [3.05, 3.63) is 59.2 Å². The van der Waals surface area contributed by atoms with Gasteiger partial charge in [-0.15, -0.1) is 0 Å². The van der Waals surface area contributed by atoms with E-state index in [1.54, 1.807) is 31.4 Å². The van der Waals surface area contributed by atoms with Crippen molar-refractivity contribution >= 4 is 27.5 Å². The van der Waals surface area contributed by atoms with Crippen LogP contribution in [-0.2, 0) is 26.2 Å². The van der Waals surface area contributed by atoms with Crippen LogP contribution in [0, 0.1) is 13.8 Å². The average Bonchev–Trinajstić information content (AvgIpc) is 2.83. The van der Waals surface area contributed by atoms with Gasteiger partial charge >= 0.3 is 0 Å². The predicted molar refractivity (Wildman–Crippen MR) is 144 cm³/mol. The number of amides is 2. The second-order valence-corrected chi connectivity index (χ2v) is 11.1. The maximum absolute atomic E-state index is 13.7. The van der Waals surface area contributed by atoms with Crippen molar-refractivity contribution < 1.29 is 22.7 Å². The number of nitrogens with zero attached hydrogens (tertiary/aromatic N) is 2. The van der Waals surface area contributed by atoms with Crippen molar-refractivity contribution in [2.24, 2.45) is 0 Å². The Hall–Kier alpha value is -3.07. The van der Waals surface area contributed by atoms with Gasteiger partial charge in [-0.25, -0.2) is 8.42 Å². The van der Waals surface area contributed by atoms with E-state index in [0.717, 1.165) is 33.7 Å². The van der Waals surface area contributed by atoms with Crippen LogP contribution in [0.2, 0.25) is 0 Å². The summed E-state index contributed by atoms with van der Waals surface area (Å²) in [4.78, 5) is 28.4. The van der Waals surface area contributed by atoms with E-state index in [9.17, 15) is 18.0 Å². The Labute approximate surface area is 215 Å². The highest BCUT2D eigenvalue weighted by Crippen LogP contribution is 2.23. The summed E-state index contributed by atoms with van der Waals surface area (Å²) in [5.74, 6) is -0.0393. The summed E-state index contributed by atoms with van der Waals surface area (Å²) < 4.78 is 31.8. The summed E-state index contributed by atoms with van der Waals surface area (Å²) in [6, 6.07) is 11.7. The summed E-state index contributed by atoms with van der Waals surface area (Å²) in [5.41, 5.74) is 3.15. The molecule has 9 heteroatoms. The van der Waals surface area contributed by atoms with Crippen LogP contribution in [0.4, 0.5) is 5.69 Å². The Morgan fingerprint density at radius 3 is 2.14 bits per heavy atom. The molecule has 2 aromatic rings. The first-order valence-electron chi connectivity index (χ1n) is 12.2. The van der Waals surface area contributed by atoms with E-state index in [0.29, 0.717) is 17.9 Å². The molecule has 2 atom stereocenters. The molecule has 0 aliphatic carbocycles. The minimum Gasteiger partial charge on any atom is -0.497 e. The fourth-order valence-electron chi connectivity index (χ4n) is 3.78. The first-order valence-corrected chi connectivity index (χ1v) is 14.0. The van der Waals surface area contributed by atoms with E-state index in [1.807, 2.05) is 52.8 Å². The molecule has 2 aromatic carbocycles. The Bertz CT molecular complexity index is 1150. The van der Waals surface area contributed by atoms with Crippen LogP contribution in [0.5, 0.6) is 5.75 Å². The molecule has 0 spiro atoms. The van der Waals surface area contributed by atoms with Crippen LogP contribution in [0.1, 0.15) is 50.3 Å². The van der Waals surface area contributed by atoms with Crippen molar-refractivity contribution in [2.75, 3.05) is 24.2 Å². The maximum Gasteiger partial charge on any atom is 0.244 e. The number of nitrogens with one attached hydrogen (secondary N) is 1. The van der Waals surface area contributed by atoms with Crippen molar-refractivity contribution in [3.63, 3.8) is 0 Å². The number of hydrogen-bond donors (Lipinski definition) is 1. The lowest BCUT2D eigenvalue weighted by atomic mass is 10.1. The molecular formula is C27H39N3O5S. The molecule has 0 aromatic heterocycles. The number of anilines is 1. The number of hydrogen-bond acceptors (Lipinski definition) is 5. The van der Waals surface area contributed by atoms with E-state index in [2.05, 4.69) is 5.32 Å². The third-order valence-corrected chi connectivity index (χ3v) is 7.50. The normalized spacial score (nSPS) is 13.0. The largest absolute Gasteiger partial charge is 0.497 e. The molecule has 198 valence electrons. The molecule has 2 rings (SSSR count). The van der Waals surface area contributed by atoms with Crippen LogP contribution in [-0.4, -0.2) is 57.1 Å². The van der Waals surface area contributed by atoms with E-state index in [4.69, 9.17) is 4.74 Å². The molecule has 0 saturated carbocycles. The number of aryl methyl sites for hydroxylation is 2. The second kappa shape index (κ2) is 12.8. The zero-order valence-corrected chi connectivity index (χ0v) is 23.2. The number of sulfonamides is 1. The van der Waals surface area contributed by atoms with Crippen molar-refractivity contribution in [1.82, 2.24) is 10.2 Å². The molecule has 0 bridgehead atoms. The summed E-state index contributed by atoms with van der Waals surface area (Å²) in [7, 11) is -2.19. The number of methoxy groups -OCH3 is 1. The van der Waals surface area contributed by atoms with E-state index in [1.165, 1.54) is 4.90 Å². The van der Waals surface area contributed by atoms with Gasteiger partial charge in [0.15, 0.2) is 0 Å². The number of ether oxygens (including phenoxy) is 1. The van der Waals surface area contributed by atoms with Gasteiger partial charge in [-0.1, -0.05) is 32.0 Å². The van der Waals surface area contributed by atoms with Gasteiger partial charge in [0.2, 0.25) is 21.8 Å². The fourth-order valence-corrected chi connectivity index (χ4v) is 4.62. The predicted octanol–water partition coefficient (Wildman–Crippen LogP) is 3.80. The van der Waals surface area contributed by atoms with Crippen molar-refractivity contribution in [1.29, 1.82) is 0 Å². The standard InChI is InChI=1S/C27H39N3O5S/c1-8-21(5)28-27(32)25(9-2)29(17-22-11-14-24(35-6)15-12-22)26(31)18-30(36(7,33)34)23-13-10-19(3)20(4)16-23/h10-16,21,25H,8-9,17-18H2,1-7H3,(H,28,32)/t21-,25+/m1/s1. The lowest BCUT2D eigenvalue weighted by molar-refractivity contribution is -0.140. The van der Waals surface area contributed by atoms with E-state index in [-0.39, 0.29) is 18.5 Å². The third kappa shape index (κ3) is 7.71. The highest BCUT2D eigenvalue weighted by molar-refractivity contribution is 7.92. The minimum atomic E-state index is -3.76. The van der Waals surface area contributed by atoms with E-state index < -0.39 is 28.5 Å². The Balaban J connectivity index is 2.45. The molecule has 0 saturated heterocycles. The number of benzene rings is 2. The van der Waals surface area contributed by atoms with Crippen molar-refractivity contribution in [2.45, 2.75) is 66.1 Å². The van der Waals surface area contributed by atoms with Gasteiger partial charge in [-0.05, 0) is 74.6 Å². The quantitative estimate of drug-likeness (QED) is 0.462. The molecule has 8 nitrogen and oxygen atoms in total. The minimum absolute atomic E-state index is 0.0486. The summed E-state index contributed by atoms with van der Waals surface area (Å²) in [6.45, 7) is 9.29. The van der Waals surface area contributed by atoms with Gasteiger partial charge in [0.1, 0.15) is 18.3 Å². The first kappa shape index (κ1) is 29.2. The van der Waals surface area contributed by atoms with Gasteiger partial charge in [-0.3, -0.25) is 13.9 Å². The molecule has 0 fully saturated rings. The van der Waals surface area contributed by atoms with Gasteiger partial charge in [-0.2, -0.15) is 0 Å². The van der Waals surface area contributed by atoms with Crippen LogP contribution in [0.3, 0.4) is 0 Å². The van der Waals surface area contributed by atoms with Gasteiger partial charge in [0.25, 0.3) is 0 Å². The Morgan fingerprint density at radius 2 is 1.64 bits per heavy atom. The molecule has 0 heterocycles. The number of carbonyl (C=O) groups excluding carboxylic acids is 2. The molecular weight excluding hydrogens is 478 g/mol. The summed E-state index contributed by atoms with van der Waals surface area (Å²) in [5, 5.41) is 2.96. The molecule has 1 N–H and O–H groups in total. The fraction of sp³-hybridized carbons (Fsp3) is 0.481. The zero-order valence-electron chi connectivity index (χ0n) is 22.4. The molecule has 2 amide bonds. The lowest BCUT2D eigenvalue weighted by Gasteiger charge is -2.33. The smallest absolute Gasteiger partial charge is 0.244 e. The monoisotopic (exact) mass is 517 g/mol. The van der Waals surface area contributed by atoms with E-state index >= 15 is 0 Å². The van der Waals surface area contributed by atoms with Gasteiger partial charge < -0.3 is 15.0 Å². The number of carbonyl (C=O) groups is 2. The summed E-state index contributed by atoms with van der Waals surface area (Å²) in [6.07, 6.45) is 2.21. The molecule has 0 aliphatic rings. The highest BCUT2D eigenvalue weighted by atomic mass is 32.2. The molecule has 36 heavy (non-hydrogen) atoms. The summed E-state index contributed by atoms with van der Waals surface area (Å²) >= 11 is 0. The third-order valence-electron chi connectivity index (χ3n) is 6.36. The highest BCUT2D eigenvalue weighted by Gasteiger charge is 2.32.